The van der Waals surface area contributed by atoms with E-state index in [9.17, 15) is 14.9 Å². The Hall–Kier alpha value is -2.73. The van der Waals surface area contributed by atoms with Crippen LogP contribution in [0.3, 0.4) is 0 Å². The number of benzene rings is 2. The van der Waals surface area contributed by atoms with Gasteiger partial charge in [0.15, 0.2) is 0 Å². The van der Waals surface area contributed by atoms with Crippen molar-refractivity contribution in [1.29, 1.82) is 0 Å². The average molecular weight is 339 g/mol. The van der Waals surface area contributed by atoms with Crippen molar-refractivity contribution in [3.63, 3.8) is 0 Å². The minimum Gasteiger partial charge on any atom is -0.337 e. The van der Waals surface area contributed by atoms with Gasteiger partial charge in [-0.15, -0.1) is 0 Å². The number of carbonyl (C=O) groups excluding carboxylic acids is 1. The lowest BCUT2D eigenvalue weighted by Crippen LogP contribution is -2.37. The van der Waals surface area contributed by atoms with E-state index in [2.05, 4.69) is 29.6 Å². The van der Waals surface area contributed by atoms with Crippen molar-refractivity contribution in [2.45, 2.75) is 32.5 Å². The van der Waals surface area contributed by atoms with Crippen molar-refractivity contribution < 1.29 is 9.72 Å². The van der Waals surface area contributed by atoms with E-state index in [0.717, 1.165) is 24.1 Å². The van der Waals surface area contributed by atoms with Gasteiger partial charge in [0.1, 0.15) is 0 Å². The standard InChI is InChI=1S/C19H21N3O3/c1-14-2-4-16(5-3-14)13-21-11-10-18(19(21)23)20-12-15-6-8-17(9-7-15)22(24)25/h2-9,18,20H,10-13H2,1H3. The van der Waals surface area contributed by atoms with Crippen molar-refractivity contribution >= 4 is 11.6 Å². The molecule has 1 heterocycles. The van der Waals surface area contributed by atoms with E-state index in [4.69, 9.17) is 0 Å². The molecule has 1 fully saturated rings. The van der Waals surface area contributed by atoms with E-state index in [0.29, 0.717) is 13.1 Å². The number of hydrogen-bond donors (Lipinski definition) is 1. The fourth-order valence-corrected chi connectivity index (χ4v) is 2.98. The zero-order valence-electron chi connectivity index (χ0n) is 14.1. The summed E-state index contributed by atoms with van der Waals surface area (Å²) < 4.78 is 0. The summed E-state index contributed by atoms with van der Waals surface area (Å²) in [4.78, 5) is 24.6. The molecule has 25 heavy (non-hydrogen) atoms. The third-order valence-electron chi connectivity index (χ3n) is 4.49. The van der Waals surface area contributed by atoms with Gasteiger partial charge in [0, 0.05) is 31.8 Å². The molecule has 3 rings (SSSR count). The van der Waals surface area contributed by atoms with Gasteiger partial charge in [0.25, 0.3) is 5.69 Å². The second-order valence-electron chi connectivity index (χ2n) is 6.39. The molecule has 0 spiro atoms. The van der Waals surface area contributed by atoms with Gasteiger partial charge in [0.05, 0.1) is 11.0 Å². The van der Waals surface area contributed by atoms with Gasteiger partial charge in [-0.25, -0.2) is 0 Å². The summed E-state index contributed by atoms with van der Waals surface area (Å²) in [5, 5.41) is 13.9. The number of non-ortho nitro benzene ring substituents is 1. The lowest BCUT2D eigenvalue weighted by atomic mass is 10.1. The molecule has 6 nitrogen and oxygen atoms in total. The fraction of sp³-hybridized carbons (Fsp3) is 0.316. The van der Waals surface area contributed by atoms with Crippen LogP contribution in [0.15, 0.2) is 48.5 Å². The Morgan fingerprint density at radius 1 is 1.12 bits per heavy atom. The molecule has 6 heteroatoms. The van der Waals surface area contributed by atoms with Crippen LogP contribution >= 0.6 is 0 Å². The minimum atomic E-state index is -0.416. The zero-order chi connectivity index (χ0) is 17.8. The smallest absolute Gasteiger partial charge is 0.269 e. The maximum atomic E-state index is 12.5. The maximum Gasteiger partial charge on any atom is 0.269 e. The topological polar surface area (TPSA) is 75.5 Å². The molecule has 0 radical (unpaired) electrons. The number of nitrogens with one attached hydrogen (secondary N) is 1. The first-order valence-corrected chi connectivity index (χ1v) is 8.34. The van der Waals surface area contributed by atoms with Crippen LogP contribution in [0.25, 0.3) is 0 Å². The SMILES string of the molecule is Cc1ccc(CN2CCC(NCc3ccc([N+](=O)[O-])cc3)C2=O)cc1. The number of carbonyl (C=O) groups is 1. The number of nitro benzene ring substituents is 1. The Kier molecular flexibility index (Phi) is 5.09. The van der Waals surface area contributed by atoms with Crippen LogP contribution in [-0.4, -0.2) is 28.3 Å². The first-order chi connectivity index (χ1) is 12.0. The highest BCUT2D eigenvalue weighted by molar-refractivity contribution is 5.83. The van der Waals surface area contributed by atoms with Gasteiger partial charge in [0.2, 0.25) is 5.91 Å². The maximum absolute atomic E-state index is 12.5. The van der Waals surface area contributed by atoms with E-state index in [-0.39, 0.29) is 17.6 Å². The summed E-state index contributed by atoms with van der Waals surface area (Å²) in [6.07, 6.45) is 0.775. The second-order valence-corrected chi connectivity index (χ2v) is 6.39. The molecule has 2 aromatic carbocycles. The van der Waals surface area contributed by atoms with Crippen LogP contribution < -0.4 is 5.32 Å². The molecule has 1 N–H and O–H groups in total. The molecule has 2 aromatic rings. The van der Waals surface area contributed by atoms with Crippen LogP contribution in [0.1, 0.15) is 23.1 Å². The lowest BCUT2D eigenvalue weighted by Gasteiger charge is -2.17. The van der Waals surface area contributed by atoms with E-state index >= 15 is 0 Å². The first-order valence-electron chi connectivity index (χ1n) is 8.34. The minimum absolute atomic E-state index is 0.0740. The predicted molar refractivity (Wildman–Crippen MR) is 94.9 cm³/mol. The molecule has 1 unspecified atom stereocenters. The molecule has 0 bridgehead atoms. The number of nitro groups is 1. The van der Waals surface area contributed by atoms with Gasteiger partial charge in [-0.05, 0) is 24.5 Å². The van der Waals surface area contributed by atoms with Crippen molar-refractivity contribution in [1.82, 2.24) is 10.2 Å². The van der Waals surface area contributed by atoms with Crippen molar-refractivity contribution in [2.75, 3.05) is 6.54 Å². The quantitative estimate of drug-likeness (QED) is 0.649. The molecule has 1 atom stereocenters. The predicted octanol–water partition coefficient (Wildman–Crippen LogP) is 2.79. The average Bonchev–Trinajstić information content (AvgIpc) is 2.95. The monoisotopic (exact) mass is 339 g/mol. The Morgan fingerprint density at radius 2 is 1.76 bits per heavy atom. The van der Waals surface area contributed by atoms with Crippen molar-refractivity contribution in [3.8, 4) is 0 Å². The van der Waals surface area contributed by atoms with Gasteiger partial charge in [-0.3, -0.25) is 14.9 Å². The number of amides is 1. The largest absolute Gasteiger partial charge is 0.337 e. The highest BCUT2D eigenvalue weighted by atomic mass is 16.6. The summed E-state index contributed by atoms with van der Waals surface area (Å²) >= 11 is 0. The fourth-order valence-electron chi connectivity index (χ4n) is 2.98. The summed E-state index contributed by atoms with van der Waals surface area (Å²) in [5.74, 6) is 0.113. The Balaban J connectivity index is 1.53. The molecule has 0 aromatic heterocycles. The molecule has 0 aliphatic carbocycles. The number of nitrogens with zero attached hydrogens (tertiary/aromatic N) is 2. The summed E-state index contributed by atoms with van der Waals surface area (Å²) in [6, 6.07) is 14.4. The van der Waals surface area contributed by atoms with Gasteiger partial charge in [-0.1, -0.05) is 42.0 Å². The molecule has 0 saturated carbocycles. The molecule has 1 saturated heterocycles. The first kappa shape index (κ1) is 17.1. The van der Waals surface area contributed by atoms with Crippen LogP contribution in [0.4, 0.5) is 5.69 Å². The van der Waals surface area contributed by atoms with Crippen molar-refractivity contribution in [3.05, 3.63) is 75.3 Å². The number of hydrogen-bond acceptors (Lipinski definition) is 4. The van der Waals surface area contributed by atoms with E-state index in [1.807, 2.05) is 11.8 Å². The highest BCUT2D eigenvalue weighted by Gasteiger charge is 2.30. The molecular formula is C19H21N3O3. The normalized spacial score (nSPS) is 17.1. The highest BCUT2D eigenvalue weighted by Crippen LogP contribution is 2.17. The number of aryl methyl sites for hydroxylation is 1. The van der Waals surface area contributed by atoms with E-state index < -0.39 is 4.92 Å². The van der Waals surface area contributed by atoms with Gasteiger partial charge >= 0.3 is 0 Å². The number of rotatable bonds is 6. The second kappa shape index (κ2) is 7.44. The molecule has 1 aliphatic heterocycles. The van der Waals surface area contributed by atoms with E-state index in [1.165, 1.54) is 17.7 Å². The van der Waals surface area contributed by atoms with Crippen molar-refractivity contribution in [2.24, 2.45) is 0 Å². The number of likely N-dealkylation sites (tertiary alicyclic amines) is 1. The molecule has 130 valence electrons. The molecule has 1 amide bonds. The van der Waals surface area contributed by atoms with E-state index in [1.54, 1.807) is 12.1 Å². The van der Waals surface area contributed by atoms with Gasteiger partial charge < -0.3 is 10.2 Å². The Labute approximate surface area is 146 Å². The summed E-state index contributed by atoms with van der Waals surface area (Å²) in [7, 11) is 0. The summed E-state index contributed by atoms with van der Waals surface area (Å²) in [6.45, 7) is 3.94. The van der Waals surface area contributed by atoms with Crippen LogP contribution in [0.5, 0.6) is 0 Å². The Bertz CT molecular complexity index is 756. The Morgan fingerprint density at radius 3 is 2.40 bits per heavy atom. The lowest BCUT2D eigenvalue weighted by molar-refractivity contribution is -0.384. The summed E-state index contributed by atoms with van der Waals surface area (Å²) in [5.41, 5.74) is 3.34. The van der Waals surface area contributed by atoms with Crippen LogP contribution in [-0.2, 0) is 17.9 Å². The molecule has 1 aliphatic rings. The third-order valence-corrected chi connectivity index (χ3v) is 4.49. The van der Waals surface area contributed by atoms with Crippen LogP contribution in [0, 0.1) is 17.0 Å². The molecular weight excluding hydrogens is 318 g/mol. The van der Waals surface area contributed by atoms with Gasteiger partial charge in [-0.2, -0.15) is 0 Å². The van der Waals surface area contributed by atoms with Crippen LogP contribution in [0.2, 0.25) is 0 Å². The zero-order valence-corrected chi connectivity index (χ0v) is 14.1. The third kappa shape index (κ3) is 4.22.